The highest BCUT2D eigenvalue weighted by Gasteiger charge is 2.80. The molecule has 5 nitrogen and oxygen atoms in total. The zero-order valence-corrected chi connectivity index (χ0v) is 14.1. The summed E-state index contributed by atoms with van der Waals surface area (Å²) in [7, 11) is 0. The van der Waals surface area contributed by atoms with Crippen LogP contribution < -0.4 is 0 Å². The molecule has 3 aliphatic heterocycles. The van der Waals surface area contributed by atoms with Crippen LogP contribution in [-0.4, -0.2) is 48.7 Å². The van der Waals surface area contributed by atoms with Gasteiger partial charge in [0.1, 0.15) is 17.0 Å². The van der Waals surface area contributed by atoms with E-state index in [1.807, 2.05) is 0 Å². The van der Waals surface area contributed by atoms with Gasteiger partial charge in [-0.25, -0.2) is 0 Å². The summed E-state index contributed by atoms with van der Waals surface area (Å²) < 4.78 is 24.7. The number of Topliss-reactive ketones (excluding diaryl/α,β-unsaturated/α-hetero) is 1. The van der Waals surface area contributed by atoms with E-state index in [0.717, 1.165) is 32.1 Å². The van der Waals surface area contributed by atoms with Gasteiger partial charge in [-0.2, -0.15) is 0 Å². The summed E-state index contributed by atoms with van der Waals surface area (Å²) in [5.74, 6) is 0.271. The average Bonchev–Trinajstić information content (AvgIpc) is 2.88. The number of carbonyl (C=O) groups is 1. The van der Waals surface area contributed by atoms with Crippen LogP contribution >= 0.6 is 0 Å². The fourth-order valence-electron chi connectivity index (χ4n) is 6.39. The van der Waals surface area contributed by atoms with E-state index in [4.69, 9.17) is 18.9 Å². The molecular weight excluding hydrogens is 308 g/mol. The van der Waals surface area contributed by atoms with Crippen molar-refractivity contribution in [1.82, 2.24) is 0 Å². The molecule has 130 valence electrons. The Balaban J connectivity index is 1.37. The molecule has 2 saturated carbocycles. The number of carbonyl (C=O) groups excluding carboxylic acids is 1. The summed E-state index contributed by atoms with van der Waals surface area (Å²) in [6.45, 7) is 4.09. The van der Waals surface area contributed by atoms with E-state index in [1.165, 1.54) is 5.57 Å². The van der Waals surface area contributed by atoms with Crippen LogP contribution in [0.5, 0.6) is 0 Å². The highest BCUT2D eigenvalue weighted by molar-refractivity contribution is 5.87. The summed E-state index contributed by atoms with van der Waals surface area (Å²) in [4.78, 5) is 12.4. The Bertz CT molecular complexity index is 665. The lowest BCUT2D eigenvalue weighted by Crippen LogP contribution is -2.56. The lowest BCUT2D eigenvalue weighted by atomic mass is 9.61. The van der Waals surface area contributed by atoms with Gasteiger partial charge >= 0.3 is 0 Å². The van der Waals surface area contributed by atoms with Crippen molar-refractivity contribution in [3.63, 3.8) is 0 Å². The van der Waals surface area contributed by atoms with Gasteiger partial charge in [0.15, 0.2) is 5.79 Å². The van der Waals surface area contributed by atoms with Crippen molar-refractivity contribution in [1.29, 1.82) is 0 Å². The van der Waals surface area contributed by atoms with Gasteiger partial charge in [0.2, 0.25) is 0 Å². The second-order valence-electron chi connectivity index (χ2n) is 8.79. The van der Waals surface area contributed by atoms with Crippen molar-refractivity contribution in [2.24, 2.45) is 11.3 Å². The van der Waals surface area contributed by atoms with Gasteiger partial charge in [0.05, 0.1) is 25.9 Å². The van der Waals surface area contributed by atoms with Gasteiger partial charge in [-0.15, -0.1) is 0 Å². The smallest absolute Gasteiger partial charge is 0.171 e. The van der Waals surface area contributed by atoms with Gasteiger partial charge in [-0.3, -0.25) is 4.79 Å². The first-order chi connectivity index (χ1) is 11.5. The Labute approximate surface area is 141 Å². The van der Waals surface area contributed by atoms with Gasteiger partial charge in [0.25, 0.3) is 0 Å². The van der Waals surface area contributed by atoms with Crippen molar-refractivity contribution in [3.05, 3.63) is 11.6 Å². The van der Waals surface area contributed by atoms with Crippen LogP contribution in [0.1, 0.15) is 45.4 Å². The molecule has 3 aliphatic carbocycles. The van der Waals surface area contributed by atoms with Crippen molar-refractivity contribution in [3.8, 4) is 0 Å². The Morgan fingerprint density at radius 2 is 2.04 bits per heavy atom. The lowest BCUT2D eigenvalue weighted by Gasteiger charge is -2.48. The maximum Gasteiger partial charge on any atom is 0.171 e. The van der Waals surface area contributed by atoms with Gasteiger partial charge in [-0.1, -0.05) is 13.0 Å². The molecule has 0 aromatic rings. The van der Waals surface area contributed by atoms with Crippen molar-refractivity contribution >= 4 is 5.78 Å². The van der Waals surface area contributed by atoms with Crippen LogP contribution in [0.25, 0.3) is 0 Å². The standard InChI is InChI=1S/C19H24O5/c1-16-5-4-13-15(12(16)2-3-14(16)20)21-11-17-10-18(22-8-9-23-18)6-7-19(13,17)24-17/h4,12,15H,2-3,5-11H2,1H3/t12-,15?,16?,17-,19+/m0/s1. The zero-order chi connectivity index (χ0) is 16.2. The normalized spacial score (nSPS) is 53.9. The van der Waals surface area contributed by atoms with Crippen LogP contribution in [0.4, 0.5) is 0 Å². The van der Waals surface area contributed by atoms with Crippen LogP contribution in [0.15, 0.2) is 11.6 Å². The van der Waals surface area contributed by atoms with E-state index in [-0.39, 0.29) is 22.7 Å². The van der Waals surface area contributed by atoms with E-state index in [1.54, 1.807) is 0 Å². The van der Waals surface area contributed by atoms with Crippen molar-refractivity contribution < 1.29 is 23.7 Å². The lowest BCUT2D eigenvalue weighted by molar-refractivity contribution is -0.192. The predicted molar refractivity (Wildman–Crippen MR) is 83.3 cm³/mol. The number of ether oxygens (including phenoxy) is 4. The highest BCUT2D eigenvalue weighted by Crippen LogP contribution is 2.69. The minimum Gasteiger partial charge on any atom is -0.370 e. The average molecular weight is 332 g/mol. The molecular formula is C19H24O5. The minimum absolute atomic E-state index is 0.0605. The van der Waals surface area contributed by atoms with E-state index < -0.39 is 5.79 Å². The molecule has 1 spiro atoms. The molecule has 3 heterocycles. The molecule has 2 unspecified atom stereocenters. The Hall–Kier alpha value is -0.750. The number of rotatable bonds is 0. The SMILES string of the molecule is CC12CC=C3C(OC[C@@]45CC6(CC[C@@]34O5)OCCO6)[C@@H]1CCC2=O. The van der Waals surface area contributed by atoms with Crippen LogP contribution in [0.3, 0.4) is 0 Å². The van der Waals surface area contributed by atoms with E-state index >= 15 is 0 Å². The molecule has 0 amide bonds. The van der Waals surface area contributed by atoms with Crippen molar-refractivity contribution in [2.45, 2.75) is 68.5 Å². The topological polar surface area (TPSA) is 57.3 Å². The third kappa shape index (κ3) is 1.46. The molecule has 0 radical (unpaired) electrons. The molecule has 0 bridgehead atoms. The molecule has 5 fully saturated rings. The molecule has 6 aliphatic rings. The summed E-state index contributed by atoms with van der Waals surface area (Å²) in [6.07, 6.45) is 7.43. The number of fused-ring (bicyclic) bond motifs is 3. The van der Waals surface area contributed by atoms with Crippen LogP contribution in [-0.2, 0) is 23.7 Å². The molecule has 0 aromatic heterocycles. The number of hydrogen-bond acceptors (Lipinski definition) is 5. The second-order valence-corrected chi connectivity index (χ2v) is 8.79. The highest BCUT2D eigenvalue weighted by atomic mass is 16.7. The first-order valence-corrected chi connectivity index (χ1v) is 9.36. The number of hydrogen-bond donors (Lipinski definition) is 0. The summed E-state index contributed by atoms with van der Waals surface area (Å²) in [5, 5.41) is 0. The quantitative estimate of drug-likeness (QED) is 0.502. The van der Waals surface area contributed by atoms with E-state index in [2.05, 4.69) is 13.0 Å². The summed E-state index contributed by atoms with van der Waals surface area (Å²) in [5.41, 5.74) is 0.643. The first kappa shape index (κ1) is 14.4. The van der Waals surface area contributed by atoms with Crippen molar-refractivity contribution in [2.75, 3.05) is 19.8 Å². The Morgan fingerprint density at radius 3 is 2.88 bits per heavy atom. The Morgan fingerprint density at radius 1 is 1.21 bits per heavy atom. The maximum absolute atomic E-state index is 12.4. The molecule has 24 heavy (non-hydrogen) atoms. The second kappa shape index (κ2) is 4.14. The van der Waals surface area contributed by atoms with Crippen LogP contribution in [0, 0.1) is 11.3 Å². The third-order valence-corrected chi connectivity index (χ3v) is 7.81. The minimum atomic E-state index is -0.455. The fraction of sp³-hybridized carbons (Fsp3) is 0.842. The zero-order valence-electron chi connectivity index (χ0n) is 14.1. The first-order valence-electron chi connectivity index (χ1n) is 9.36. The molecule has 6 rings (SSSR count). The van der Waals surface area contributed by atoms with E-state index in [0.29, 0.717) is 37.9 Å². The molecule has 3 saturated heterocycles. The summed E-state index contributed by atoms with van der Waals surface area (Å²) >= 11 is 0. The molecule has 0 aromatic carbocycles. The van der Waals surface area contributed by atoms with Gasteiger partial charge < -0.3 is 18.9 Å². The largest absolute Gasteiger partial charge is 0.370 e. The molecule has 5 heteroatoms. The fourth-order valence-corrected chi connectivity index (χ4v) is 6.39. The molecule has 5 atom stereocenters. The number of ketones is 1. The third-order valence-electron chi connectivity index (χ3n) is 7.81. The van der Waals surface area contributed by atoms with Crippen LogP contribution in [0.2, 0.25) is 0 Å². The summed E-state index contributed by atoms with van der Waals surface area (Å²) in [6, 6.07) is 0. The van der Waals surface area contributed by atoms with Gasteiger partial charge in [0, 0.05) is 30.6 Å². The number of allylic oxidation sites excluding steroid dienone is 1. The maximum atomic E-state index is 12.4. The van der Waals surface area contributed by atoms with Gasteiger partial charge in [-0.05, 0) is 24.8 Å². The van der Waals surface area contributed by atoms with E-state index in [9.17, 15) is 4.79 Å². The monoisotopic (exact) mass is 332 g/mol. The Kier molecular flexibility index (Phi) is 2.49. The number of epoxide rings is 1. The molecule has 0 N–H and O–H groups in total. The predicted octanol–water partition coefficient (Wildman–Crippen LogP) is 2.14.